The zero-order valence-corrected chi connectivity index (χ0v) is 15.9. The molecule has 0 radical (unpaired) electrons. The fourth-order valence-electron chi connectivity index (χ4n) is 4.76. The molecule has 3 fully saturated rings. The summed E-state index contributed by atoms with van der Waals surface area (Å²) in [6.45, 7) is 0.915. The Bertz CT molecular complexity index is 535. The molecule has 1 amide bonds. The summed E-state index contributed by atoms with van der Waals surface area (Å²) in [6, 6.07) is 0.570. The number of nitrogens with one attached hydrogen (secondary N) is 1. The normalized spacial score (nSPS) is 35.1. The maximum Gasteiger partial charge on any atom is 0.223 e. The van der Waals surface area contributed by atoms with E-state index >= 15 is 0 Å². The van der Waals surface area contributed by atoms with E-state index in [0.717, 1.165) is 12.8 Å². The SMILES string of the molecule is CS(=O)(=O)N1CCC(C(=O)NC2C3CCCC2CC(N)C3)CC1.Cl. The summed E-state index contributed by atoms with van der Waals surface area (Å²) in [4.78, 5) is 12.6. The van der Waals surface area contributed by atoms with E-state index in [2.05, 4.69) is 5.32 Å². The van der Waals surface area contributed by atoms with Gasteiger partial charge in [-0.05, 0) is 50.4 Å². The van der Waals surface area contributed by atoms with Crippen LogP contribution in [0.4, 0.5) is 0 Å². The van der Waals surface area contributed by atoms with Crippen LogP contribution in [0.2, 0.25) is 0 Å². The number of hydrogen-bond acceptors (Lipinski definition) is 4. The number of fused-ring (bicyclic) bond motifs is 2. The van der Waals surface area contributed by atoms with Crippen LogP contribution in [-0.4, -0.2) is 50.1 Å². The van der Waals surface area contributed by atoms with Gasteiger partial charge in [0.2, 0.25) is 15.9 Å². The van der Waals surface area contributed by atoms with Crippen LogP contribution in [0.25, 0.3) is 0 Å². The minimum Gasteiger partial charge on any atom is -0.353 e. The van der Waals surface area contributed by atoms with Crippen LogP contribution in [0.5, 0.6) is 0 Å². The predicted molar refractivity (Wildman–Crippen MR) is 96.4 cm³/mol. The van der Waals surface area contributed by atoms with Crippen molar-refractivity contribution in [2.75, 3.05) is 19.3 Å². The van der Waals surface area contributed by atoms with Gasteiger partial charge in [-0.25, -0.2) is 12.7 Å². The first kappa shape index (κ1) is 19.9. The number of halogens is 1. The van der Waals surface area contributed by atoms with Crippen LogP contribution in [-0.2, 0) is 14.8 Å². The molecule has 0 spiro atoms. The monoisotopic (exact) mass is 379 g/mol. The summed E-state index contributed by atoms with van der Waals surface area (Å²) in [5.41, 5.74) is 6.14. The van der Waals surface area contributed by atoms with Crippen molar-refractivity contribution in [2.24, 2.45) is 23.5 Å². The highest BCUT2D eigenvalue weighted by atomic mass is 35.5. The second-order valence-electron chi connectivity index (χ2n) is 7.65. The molecule has 140 valence electrons. The third kappa shape index (κ3) is 4.42. The number of sulfonamides is 1. The van der Waals surface area contributed by atoms with E-state index in [1.165, 1.54) is 29.8 Å². The minimum atomic E-state index is -3.13. The summed E-state index contributed by atoms with van der Waals surface area (Å²) in [5.74, 6) is 1.12. The molecule has 1 saturated heterocycles. The maximum atomic E-state index is 12.6. The molecule has 1 aliphatic heterocycles. The van der Waals surface area contributed by atoms with Gasteiger partial charge in [-0.2, -0.15) is 0 Å². The topological polar surface area (TPSA) is 92.5 Å². The molecular weight excluding hydrogens is 350 g/mol. The average molecular weight is 380 g/mol. The fourth-order valence-corrected chi connectivity index (χ4v) is 5.63. The van der Waals surface area contributed by atoms with E-state index in [1.54, 1.807) is 0 Å². The maximum absolute atomic E-state index is 12.6. The first-order valence-electron chi connectivity index (χ1n) is 8.85. The van der Waals surface area contributed by atoms with Crippen molar-refractivity contribution < 1.29 is 13.2 Å². The number of carbonyl (C=O) groups excluding carboxylic acids is 1. The smallest absolute Gasteiger partial charge is 0.223 e. The number of hydrogen-bond donors (Lipinski definition) is 2. The van der Waals surface area contributed by atoms with Gasteiger partial charge in [-0.15, -0.1) is 12.4 Å². The molecule has 3 aliphatic rings. The molecule has 2 atom stereocenters. The predicted octanol–water partition coefficient (Wildman–Crippen LogP) is 1.10. The molecule has 2 saturated carbocycles. The first-order chi connectivity index (χ1) is 10.8. The average Bonchev–Trinajstić information content (AvgIpc) is 2.47. The highest BCUT2D eigenvalue weighted by Crippen LogP contribution is 2.40. The Morgan fingerprint density at radius 3 is 2.12 bits per heavy atom. The Hall–Kier alpha value is -0.370. The van der Waals surface area contributed by atoms with Crippen LogP contribution in [0.1, 0.15) is 44.9 Å². The van der Waals surface area contributed by atoms with Crippen LogP contribution < -0.4 is 11.1 Å². The zero-order chi connectivity index (χ0) is 16.6. The zero-order valence-electron chi connectivity index (χ0n) is 14.3. The highest BCUT2D eigenvalue weighted by molar-refractivity contribution is 7.88. The first-order valence-corrected chi connectivity index (χ1v) is 10.7. The molecular formula is C16H30ClN3O3S. The Labute approximate surface area is 151 Å². The number of nitrogens with zero attached hydrogens (tertiary/aromatic N) is 1. The van der Waals surface area contributed by atoms with E-state index < -0.39 is 10.0 Å². The number of amides is 1. The van der Waals surface area contributed by atoms with Crippen LogP contribution in [0, 0.1) is 17.8 Å². The molecule has 24 heavy (non-hydrogen) atoms. The molecule has 0 aromatic heterocycles. The third-order valence-corrected chi connectivity index (χ3v) is 7.28. The Balaban J connectivity index is 0.00000208. The van der Waals surface area contributed by atoms with Gasteiger partial charge in [0.15, 0.2) is 0 Å². The lowest BCUT2D eigenvalue weighted by atomic mass is 9.67. The van der Waals surface area contributed by atoms with Gasteiger partial charge in [0.25, 0.3) is 0 Å². The second-order valence-corrected chi connectivity index (χ2v) is 9.64. The minimum absolute atomic E-state index is 0. The summed E-state index contributed by atoms with van der Waals surface area (Å²) >= 11 is 0. The number of nitrogens with two attached hydrogens (primary N) is 1. The molecule has 2 bridgehead atoms. The Morgan fingerprint density at radius 1 is 1.08 bits per heavy atom. The fraction of sp³-hybridized carbons (Fsp3) is 0.938. The second kappa shape index (κ2) is 7.89. The van der Waals surface area contributed by atoms with Gasteiger partial charge in [-0.1, -0.05) is 6.42 Å². The summed E-state index contributed by atoms with van der Waals surface area (Å²) < 4.78 is 24.6. The van der Waals surface area contributed by atoms with Crippen molar-refractivity contribution >= 4 is 28.3 Å². The number of rotatable bonds is 3. The third-order valence-electron chi connectivity index (χ3n) is 5.98. The molecule has 0 aromatic rings. The largest absolute Gasteiger partial charge is 0.353 e. The van der Waals surface area contributed by atoms with Gasteiger partial charge in [0.1, 0.15) is 0 Å². The van der Waals surface area contributed by atoms with Gasteiger partial charge >= 0.3 is 0 Å². The number of piperidine rings is 1. The van der Waals surface area contributed by atoms with Crippen molar-refractivity contribution in [3.8, 4) is 0 Å². The van der Waals surface area contributed by atoms with Crippen molar-refractivity contribution in [1.82, 2.24) is 9.62 Å². The van der Waals surface area contributed by atoms with Crippen molar-refractivity contribution in [3.05, 3.63) is 0 Å². The van der Waals surface area contributed by atoms with E-state index in [9.17, 15) is 13.2 Å². The molecule has 1 heterocycles. The Morgan fingerprint density at radius 2 is 1.62 bits per heavy atom. The van der Waals surface area contributed by atoms with Crippen LogP contribution >= 0.6 is 12.4 Å². The van der Waals surface area contributed by atoms with Gasteiger partial charge in [-0.3, -0.25) is 4.79 Å². The molecule has 3 rings (SSSR count). The molecule has 3 N–H and O–H groups in total. The summed E-state index contributed by atoms with van der Waals surface area (Å²) in [5, 5.41) is 3.30. The van der Waals surface area contributed by atoms with Crippen molar-refractivity contribution in [3.63, 3.8) is 0 Å². The standard InChI is InChI=1S/C16H29N3O3S.ClH/c1-23(21,22)19-7-5-11(6-8-19)16(20)18-15-12-3-2-4-13(15)10-14(17)9-12;/h11-15H,2-10,17H2,1H3,(H,18,20);1H. The van der Waals surface area contributed by atoms with Crippen molar-refractivity contribution in [1.29, 1.82) is 0 Å². The lowest BCUT2D eigenvalue weighted by Gasteiger charge is -2.45. The van der Waals surface area contributed by atoms with E-state index in [4.69, 9.17) is 5.73 Å². The highest BCUT2D eigenvalue weighted by Gasteiger charge is 2.41. The molecule has 0 aromatic carbocycles. The van der Waals surface area contributed by atoms with Gasteiger partial charge in [0.05, 0.1) is 6.26 Å². The molecule has 8 heteroatoms. The van der Waals surface area contributed by atoms with E-state index in [1.807, 2.05) is 0 Å². The van der Waals surface area contributed by atoms with Crippen molar-refractivity contribution in [2.45, 2.75) is 57.0 Å². The lowest BCUT2D eigenvalue weighted by Crippen LogP contribution is -2.55. The molecule has 6 nitrogen and oxygen atoms in total. The van der Waals surface area contributed by atoms with Crippen LogP contribution in [0.3, 0.4) is 0 Å². The molecule has 2 unspecified atom stereocenters. The Kier molecular flexibility index (Phi) is 6.56. The summed E-state index contributed by atoms with van der Waals surface area (Å²) in [6.07, 6.45) is 8.12. The van der Waals surface area contributed by atoms with E-state index in [-0.39, 0.29) is 36.3 Å². The summed E-state index contributed by atoms with van der Waals surface area (Å²) in [7, 11) is -3.13. The number of carbonyl (C=O) groups is 1. The lowest BCUT2D eigenvalue weighted by molar-refractivity contribution is -0.128. The van der Waals surface area contributed by atoms with Gasteiger partial charge in [0, 0.05) is 31.1 Å². The van der Waals surface area contributed by atoms with Gasteiger partial charge < -0.3 is 11.1 Å². The van der Waals surface area contributed by atoms with Crippen LogP contribution in [0.15, 0.2) is 0 Å². The molecule has 2 aliphatic carbocycles. The quantitative estimate of drug-likeness (QED) is 0.768. The van der Waals surface area contributed by atoms with E-state index in [0.29, 0.717) is 37.8 Å².